The Morgan fingerprint density at radius 1 is 0.903 bits per heavy atom. The molecule has 0 aliphatic heterocycles. The van der Waals surface area contributed by atoms with Crippen LogP contribution in [0.2, 0.25) is 10.0 Å². The van der Waals surface area contributed by atoms with Crippen LogP contribution in [-0.2, 0) is 0 Å². The predicted molar refractivity (Wildman–Crippen MR) is 126 cm³/mol. The molecule has 1 aliphatic carbocycles. The molecule has 0 unspecified atom stereocenters. The second kappa shape index (κ2) is 11.0. The van der Waals surface area contributed by atoms with Gasteiger partial charge in [-0.05, 0) is 12.1 Å². The summed E-state index contributed by atoms with van der Waals surface area (Å²) in [5.41, 5.74) is 7.48. The summed E-state index contributed by atoms with van der Waals surface area (Å²) in [7, 11) is 3.02. The largest absolute Gasteiger partial charge is 0.495 e. The summed E-state index contributed by atoms with van der Waals surface area (Å²) >= 11 is 12.8. The lowest BCUT2D eigenvalue weighted by atomic mass is 10.1. The number of benzene rings is 1. The first-order valence-electron chi connectivity index (χ1n) is 9.95. The Morgan fingerprint density at radius 2 is 1.52 bits per heavy atom. The van der Waals surface area contributed by atoms with Crippen molar-refractivity contribution in [2.45, 2.75) is 32.1 Å². The third kappa shape index (κ3) is 5.68. The third-order valence-electron chi connectivity index (χ3n) is 4.84. The van der Waals surface area contributed by atoms with Gasteiger partial charge in [0.15, 0.2) is 0 Å². The molecule has 3 aromatic rings. The van der Waals surface area contributed by atoms with E-state index in [1.807, 2.05) is 6.07 Å². The van der Waals surface area contributed by atoms with Crippen LogP contribution in [-0.4, -0.2) is 29.2 Å². The highest BCUT2D eigenvalue weighted by atomic mass is 35.5. The highest BCUT2D eigenvalue weighted by Crippen LogP contribution is 2.45. The van der Waals surface area contributed by atoms with Crippen LogP contribution in [0.3, 0.4) is 0 Å². The Bertz CT molecular complexity index is 993. The molecule has 0 bridgehead atoms. The fourth-order valence-corrected chi connectivity index (χ4v) is 3.82. The van der Waals surface area contributed by atoms with Gasteiger partial charge in [0.2, 0.25) is 0 Å². The van der Waals surface area contributed by atoms with Gasteiger partial charge in [0.1, 0.15) is 39.5 Å². The molecule has 1 saturated carbocycles. The Hall–Kier alpha value is -2.77. The van der Waals surface area contributed by atoms with Gasteiger partial charge in [0.25, 0.3) is 0 Å². The normalized spacial score (nSPS) is 12.6. The molecule has 0 saturated heterocycles. The SMILES string of the molecule is C1CCCC1.COc1cc(OC)c(Cl)c(Nc2ncccc2-c2cc(N)ncn2)c1Cl. The van der Waals surface area contributed by atoms with Gasteiger partial charge in [-0.2, -0.15) is 0 Å². The molecular formula is C22H25Cl2N5O2. The molecule has 7 nitrogen and oxygen atoms in total. The molecular weight excluding hydrogens is 437 g/mol. The van der Waals surface area contributed by atoms with Crippen molar-refractivity contribution in [1.29, 1.82) is 0 Å². The summed E-state index contributed by atoms with van der Waals surface area (Å²) in [6, 6.07) is 6.89. The summed E-state index contributed by atoms with van der Waals surface area (Å²) in [5, 5.41) is 3.75. The van der Waals surface area contributed by atoms with Gasteiger partial charge >= 0.3 is 0 Å². The second-order valence-corrected chi connectivity index (χ2v) is 7.66. The first kappa shape index (κ1) is 22.9. The van der Waals surface area contributed by atoms with Crippen molar-refractivity contribution in [3.63, 3.8) is 0 Å². The van der Waals surface area contributed by atoms with Crippen LogP contribution in [0.4, 0.5) is 17.3 Å². The van der Waals surface area contributed by atoms with Crippen LogP contribution in [0.1, 0.15) is 32.1 Å². The zero-order valence-corrected chi connectivity index (χ0v) is 19.0. The average Bonchev–Trinajstić information content (AvgIpc) is 3.37. The van der Waals surface area contributed by atoms with Crippen LogP contribution in [0, 0.1) is 0 Å². The maximum Gasteiger partial charge on any atom is 0.143 e. The lowest BCUT2D eigenvalue weighted by Crippen LogP contribution is -2.01. The molecule has 0 spiro atoms. The molecule has 2 aromatic heterocycles. The summed E-state index contributed by atoms with van der Waals surface area (Å²) < 4.78 is 10.6. The summed E-state index contributed by atoms with van der Waals surface area (Å²) in [6.07, 6.45) is 10.5. The van der Waals surface area contributed by atoms with Crippen LogP contribution in [0.5, 0.6) is 11.5 Å². The first-order valence-corrected chi connectivity index (χ1v) is 10.7. The van der Waals surface area contributed by atoms with E-state index in [-0.39, 0.29) is 0 Å². The minimum Gasteiger partial charge on any atom is -0.495 e. The summed E-state index contributed by atoms with van der Waals surface area (Å²) in [6.45, 7) is 0. The molecule has 1 aromatic carbocycles. The van der Waals surface area contributed by atoms with Crippen molar-refractivity contribution >= 4 is 40.5 Å². The van der Waals surface area contributed by atoms with Crippen molar-refractivity contribution in [3.05, 3.63) is 46.8 Å². The van der Waals surface area contributed by atoms with Gasteiger partial charge in [0.05, 0.1) is 25.6 Å². The van der Waals surface area contributed by atoms with E-state index >= 15 is 0 Å². The van der Waals surface area contributed by atoms with Gasteiger partial charge in [-0.1, -0.05) is 55.3 Å². The molecule has 164 valence electrons. The number of ether oxygens (including phenoxy) is 2. The third-order valence-corrected chi connectivity index (χ3v) is 5.59. The predicted octanol–water partition coefficient (Wildman–Crippen LogP) is 6.14. The molecule has 3 N–H and O–H groups in total. The van der Waals surface area contributed by atoms with E-state index in [1.165, 1.54) is 52.7 Å². The van der Waals surface area contributed by atoms with E-state index in [4.69, 9.17) is 38.4 Å². The molecule has 9 heteroatoms. The maximum absolute atomic E-state index is 6.42. The molecule has 4 rings (SSSR count). The van der Waals surface area contributed by atoms with E-state index in [2.05, 4.69) is 20.3 Å². The first-order chi connectivity index (χ1) is 15.0. The molecule has 0 atom stereocenters. The number of aromatic nitrogens is 3. The van der Waals surface area contributed by atoms with E-state index in [0.717, 1.165) is 0 Å². The molecule has 0 radical (unpaired) electrons. The Kier molecular flexibility index (Phi) is 8.14. The van der Waals surface area contributed by atoms with Crippen molar-refractivity contribution < 1.29 is 9.47 Å². The molecule has 1 fully saturated rings. The van der Waals surface area contributed by atoms with Crippen LogP contribution < -0.4 is 20.5 Å². The minimum atomic E-state index is 0.303. The Balaban J connectivity index is 0.000000478. The van der Waals surface area contributed by atoms with E-state index in [1.54, 1.807) is 24.4 Å². The number of halogens is 2. The van der Waals surface area contributed by atoms with E-state index in [0.29, 0.717) is 50.1 Å². The zero-order chi connectivity index (χ0) is 22.2. The maximum atomic E-state index is 6.42. The smallest absolute Gasteiger partial charge is 0.143 e. The second-order valence-electron chi connectivity index (χ2n) is 6.90. The number of anilines is 3. The number of hydrogen-bond acceptors (Lipinski definition) is 7. The van der Waals surface area contributed by atoms with Gasteiger partial charge in [-0.3, -0.25) is 0 Å². The van der Waals surface area contributed by atoms with Gasteiger partial charge in [-0.15, -0.1) is 0 Å². The number of nitrogens with two attached hydrogens (primary N) is 1. The Labute approximate surface area is 191 Å². The quantitative estimate of drug-likeness (QED) is 0.470. The highest BCUT2D eigenvalue weighted by molar-refractivity contribution is 6.41. The van der Waals surface area contributed by atoms with Crippen LogP contribution in [0.25, 0.3) is 11.3 Å². The van der Waals surface area contributed by atoms with Crippen LogP contribution >= 0.6 is 23.2 Å². The van der Waals surface area contributed by atoms with Crippen molar-refractivity contribution in [2.75, 3.05) is 25.3 Å². The topological polar surface area (TPSA) is 95.2 Å². The monoisotopic (exact) mass is 461 g/mol. The molecule has 2 heterocycles. The van der Waals surface area contributed by atoms with E-state index < -0.39 is 0 Å². The van der Waals surface area contributed by atoms with Crippen molar-refractivity contribution in [3.8, 4) is 22.8 Å². The van der Waals surface area contributed by atoms with Crippen molar-refractivity contribution in [1.82, 2.24) is 15.0 Å². The number of methoxy groups -OCH3 is 2. The number of nitrogens with one attached hydrogen (secondary N) is 1. The number of nitrogens with zero attached hydrogens (tertiary/aromatic N) is 3. The number of pyridine rings is 1. The average molecular weight is 462 g/mol. The zero-order valence-electron chi connectivity index (χ0n) is 17.5. The number of nitrogen functional groups attached to an aromatic ring is 1. The van der Waals surface area contributed by atoms with Crippen LogP contribution in [0.15, 0.2) is 36.8 Å². The fraction of sp³-hybridized carbons (Fsp3) is 0.318. The summed E-state index contributed by atoms with van der Waals surface area (Å²) in [5.74, 6) is 1.67. The van der Waals surface area contributed by atoms with E-state index in [9.17, 15) is 0 Å². The number of rotatable bonds is 5. The highest BCUT2D eigenvalue weighted by Gasteiger charge is 2.19. The molecule has 1 aliphatic rings. The number of hydrogen-bond donors (Lipinski definition) is 2. The molecule has 31 heavy (non-hydrogen) atoms. The lowest BCUT2D eigenvalue weighted by Gasteiger charge is -2.17. The standard InChI is InChI=1S/C17H15Cl2N5O2.C5H10/c1-25-11-7-12(26-2)15(19)16(14(11)18)24-17-9(4-3-5-21-17)10-6-13(20)23-8-22-10;1-2-4-5-3-1/h3-8H,1-2H3,(H,21,24)(H2,20,22,23);1-5H2. The summed E-state index contributed by atoms with van der Waals surface area (Å²) in [4.78, 5) is 12.5. The fourth-order valence-electron chi connectivity index (χ4n) is 3.23. The Morgan fingerprint density at radius 3 is 2.06 bits per heavy atom. The van der Waals surface area contributed by atoms with Crippen molar-refractivity contribution in [2.24, 2.45) is 0 Å². The van der Waals surface area contributed by atoms with Gasteiger partial charge in [0, 0.05) is 23.9 Å². The lowest BCUT2D eigenvalue weighted by molar-refractivity contribution is 0.395. The van der Waals surface area contributed by atoms with Gasteiger partial charge in [-0.25, -0.2) is 15.0 Å². The minimum absolute atomic E-state index is 0.303. The molecule has 0 amide bonds. The van der Waals surface area contributed by atoms with Gasteiger partial charge < -0.3 is 20.5 Å².